The van der Waals surface area contributed by atoms with Crippen molar-refractivity contribution in [2.45, 2.75) is 25.8 Å². The molecule has 1 fully saturated rings. The third-order valence-electron chi connectivity index (χ3n) is 4.35. The molecular weight excluding hydrogens is 297 g/mol. The number of hydrogen-bond acceptors (Lipinski definition) is 3. The molecule has 0 spiro atoms. The molecule has 0 bridgehead atoms. The fourth-order valence-corrected chi connectivity index (χ4v) is 3.18. The Kier molecular flexibility index (Phi) is 3.18. The highest BCUT2D eigenvalue weighted by molar-refractivity contribution is 5.93. The second kappa shape index (κ2) is 5.22. The number of furan rings is 1. The summed E-state index contributed by atoms with van der Waals surface area (Å²) in [7, 11) is 0. The van der Waals surface area contributed by atoms with Crippen molar-refractivity contribution >= 4 is 16.9 Å². The lowest BCUT2D eigenvalue weighted by Gasteiger charge is -2.22. The van der Waals surface area contributed by atoms with Gasteiger partial charge in [0.25, 0.3) is 5.91 Å². The standard InChI is InChI=1S/C17H16FN3O2/c1-10-6-8-23-15(10)17(22)21-7-2-3-14(21)16-19-12-5-4-11(18)9-13(12)20-16/h4-6,8-9,14H,2-3,7H2,1H3,(H,19,20). The van der Waals surface area contributed by atoms with Crippen molar-refractivity contribution in [2.24, 2.45) is 0 Å². The maximum absolute atomic E-state index is 13.3. The normalized spacial score (nSPS) is 18.0. The summed E-state index contributed by atoms with van der Waals surface area (Å²) in [5.41, 5.74) is 2.18. The van der Waals surface area contributed by atoms with Crippen molar-refractivity contribution in [1.29, 1.82) is 0 Å². The molecule has 118 valence electrons. The Morgan fingerprint density at radius 2 is 2.30 bits per heavy atom. The van der Waals surface area contributed by atoms with E-state index in [9.17, 15) is 9.18 Å². The average Bonchev–Trinajstić information content (AvgIpc) is 3.23. The predicted octanol–water partition coefficient (Wildman–Crippen LogP) is 3.58. The third kappa shape index (κ3) is 2.30. The molecule has 23 heavy (non-hydrogen) atoms. The summed E-state index contributed by atoms with van der Waals surface area (Å²) in [5.74, 6) is 0.639. The Morgan fingerprint density at radius 1 is 1.43 bits per heavy atom. The summed E-state index contributed by atoms with van der Waals surface area (Å²) in [4.78, 5) is 22.2. The topological polar surface area (TPSA) is 62.1 Å². The van der Waals surface area contributed by atoms with Gasteiger partial charge in [-0.2, -0.15) is 0 Å². The van der Waals surface area contributed by atoms with Gasteiger partial charge in [0.1, 0.15) is 11.6 Å². The molecule has 1 unspecified atom stereocenters. The smallest absolute Gasteiger partial charge is 0.290 e. The lowest BCUT2D eigenvalue weighted by Crippen LogP contribution is -2.31. The molecule has 1 atom stereocenters. The number of aromatic nitrogens is 2. The predicted molar refractivity (Wildman–Crippen MR) is 82.5 cm³/mol. The van der Waals surface area contributed by atoms with Crippen LogP contribution in [-0.2, 0) is 0 Å². The van der Waals surface area contributed by atoms with E-state index < -0.39 is 0 Å². The zero-order valence-electron chi connectivity index (χ0n) is 12.7. The van der Waals surface area contributed by atoms with Crippen LogP contribution in [0.4, 0.5) is 4.39 Å². The Bertz CT molecular complexity index is 883. The first-order valence-electron chi connectivity index (χ1n) is 7.64. The van der Waals surface area contributed by atoms with Crippen LogP contribution in [0.1, 0.15) is 40.8 Å². The van der Waals surface area contributed by atoms with E-state index in [4.69, 9.17) is 4.42 Å². The Morgan fingerprint density at radius 3 is 3.09 bits per heavy atom. The summed E-state index contributed by atoms with van der Waals surface area (Å²) >= 11 is 0. The minimum Gasteiger partial charge on any atom is -0.459 e. The average molecular weight is 313 g/mol. The molecular formula is C17H16FN3O2. The maximum atomic E-state index is 13.3. The highest BCUT2D eigenvalue weighted by Gasteiger charge is 2.34. The number of fused-ring (bicyclic) bond motifs is 1. The van der Waals surface area contributed by atoms with E-state index in [1.165, 1.54) is 18.4 Å². The van der Waals surface area contributed by atoms with E-state index in [0.29, 0.717) is 29.2 Å². The van der Waals surface area contributed by atoms with Gasteiger partial charge in [-0.05, 0) is 44.0 Å². The van der Waals surface area contributed by atoms with Crippen molar-refractivity contribution in [3.05, 3.63) is 53.5 Å². The number of rotatable bonds is 2. The number of halogens is 1. The molecule has 0 saturated carbocycles. The van der Waals surface area contributed by atoms with E-state index in [1.54, 1.807) is 17.0 Å². The van der Waals surface area contributed by atoms with Crippen molar-refractivity contribution < 1.29 is 13.6 Å². The highest BCUT2D eigenvalue weighted by Crippen LogP contribution is 2.33. The van der Waals surface area contributed by atoms with Gasteiger partial charge >= 0.3 is 0 Å². The fraction of sp³-hybridized carbons (Fsp3) is 0.294. The molecule has 1 aliphatic heterocycles. The summed E-state index contributed by atoms with van der Waals surface area (Å²) in [6.07, 6.45) is 3.26. The van der Waals surface area contributed by atoms with Gasteiger partial charge in [-0.1, -0.05) is 0 Å². The number of hydrogen-bond donors (Lipinski definition) is 1. The zero-order valence-corrected chi connectivity index (χ0v) is 12.7. The van der Waals surface area contributed by atoms with E-state index in [0.717, 1.165) is 18.4 Å². The van der Waals surface area contributed by atoms with E-state index in [2.05, 4.69) is 9.97 Å². The highest BCUT2D eigenvalue weighted by atomic mass is 19.1. The minimum absolute atomic E-state index is 0.123. The Labute approximate surface area is 132 Å². The molecule has 5 nitrogen and oxygen atoms in total. The van der Waals surface area contributed by atoms with Crippen LogP contribution in [0.2, 0.25) is 0 Å². The molecule has 1 N–H and O–H groups in total. The molecule has 1 aromatic carbocycles. The van der Waals surface area contributed by atoms with Gasteiger partial charge in [0.2, 0.25) is 0 Å². The molecule has 1 aliphatic rings. The van der Waals surface area contributed by atoms with Gasteiger partial charge in [-0.25, -0.2) is 9.37 Å². The van der Waals surface area contributed by atoms with Gasteiger partial charge in [0, 0.05) is 12.1 Å². The van der Waals surface area contributed by atoms with Crippen LogP contribution in [0, 0.1) is 12.7 Å². The molecule has 1 saturated heterocycles. The summed E-state index contributed by atoms with van der Waals surface area (Å²) in [6, 6.07) is 6.09. The first kappa shape index (κ1) is 14.0. The molecule has 0 aliphatic carbocycles. The second-order valence-corrected chi connectivity index (χ2v) is 5.87. The van der Waals surface area contributed by atoms with Gasteiger partial charge in [-0.3, -0.25) is 4.79 Å². The van der Waals surface area contributed by atoms with Crippen LogP contribution in [0.5, 0.6) is 0 Å². The lowest BCUT2D eigenvalue weighted by atomic mass is 10.2. The number of carbonyl (C=O) groups excluding carboxylic acids is 1. The van der Waals surface area contributed by atoms with Crippen LogP contribution >= 0.6 is 0 Å². The van der Waals surface area contributed by atoms with Crippen LogP contribution < -0.4 is 0 Å². The number of amides is 1. The largest absolute Gasteiger partial charge is 0.459 e. The summed E-state index contributed by atoms with van der Waals surface area (Å²) in [5, 5.41) is 0. The molecule has 0 radical (unpaired) electrons. The van der Waals surface area contributed by atoms with Gasteiger partial charge in [0.15, 0.2) is 5.76 Å². The number of likely N-dealkylation sites (tertiary alicyclic amines) is 1. The molecule has 4 rings (SSSR count). The van der Waals surface area contributed by atoms with Crippen molar-refractivity contribution in [3.63, 3.8) is 0 Å². The number of aromatic amines is 1. The maximum Gasteiger partial charge on any atom is 0.290 e. The number of benzene rings is 1. The Balaban J connectivity index is 1.69. The van der Waals surface area contributed by atoms with Gasteiger partial charge < -0.3 is 14.3 Å². The number of nitrogens with one attached hydrogen (secondary N) is 1. The summed E-state index contributed by atoms with van der Waals surface area (Å²) in [6.45, 7) is 2.51. The summed E-state index contributed by atoms with van der Waals surface area (Å²) < 4.78 is 18.7. The number of carbonyl (C=O) groups is 1. The molecule has 6 heteroatoms. The zero-order chi connectivity index (χ0) is 16.0. The van der Waals surface area contributed by atoms with Crippen molar-refractivity contribution in [1.82, 2.24) is 14.9 Å². The third-order valence-corrected chi connectivity index (χ3v) is 4.35. The first-order chi connectivity index (χ1) is 11.1. The molecule has 3 aromatic rings. The molecule has 3 heterocycles. The fourth-order valence-electron chi connectivity index (χ4n) is 3.18. The molecule has 1 amide bonds. The van der Waals surface area contributed by atoms with Crippen LogP contribution in [-0.4, -0.2) is 27.3 Å². The number of imidazole rings is 1. The van der Waals surface area contributed by atoms with Crippen LogP contribution in [0.3, 0.4) is 0 Å². The first-order valence-corrected chi connectivity index (χ1v) is 7.64. The number of aryl methyl sites for hydroxylation is 1. The van der Waals surface area contributed by atoms with Crippen molar-refractivity contribution in [2.75, 3.05) is 6.54 Å². The van der Waals surface area contributed by atoms with Gasteiger partial charge in [-0.15, -0.1) is 0 Å². The Hall–Kier alpha value is -2.63. The quantitative estimate of drug-likeness (QED) is 0.786. The number of H-pyrrole nitrogens is 1. The van der Waals surface area contributed by atoms with Crippen LogP contribution in [0.25, 0.3) is 11.0 Å². The van der Waals surface area contributed by atoms with E-state index >= 15 is 0 Å². The van der Waals surface area contributed by atoms with Gasteiger partial charge in [0.05, 0.1) is 23.3 Å². The van der Waals surface area contributed by atoms with Crippen LogP contribution in [0.15, 0.2) is 34.9 Å². The van der Waals surface area contributed by atoms with E-state index in [1.807, 2.05) is 6.92 Å². The number of nitrogens with zero attached hydrogens (tertiary/aromatic N) is 2. The second-order valence-electron chi connectivity index (χ2n) is 5.87. The lowest BCUT2D eigenvalue weighted by molar-refractivity contribution is 0.0697. The monoisotopic (exact) mass is 313 g/mol. The molecule has 2 aromatic heterocycles. The SMILES string of the molecule is Cc1ccoc1C(=O)N1CCCC1c1nc2ccc(F)cc2[nH]1. The van der Waals surface area contributed by atoms with E-state index in [-0.39, 0.29) is 17.8 Å². The van der Waals surface area contributed by atoms with Crippen molar-refractivity contribution in [3.8, 4) is 0 Å². The minimum atomic E-state index is -0.307.